The summed E-state index contributed by atoms with van der Waals surface area (Å²) >= 11 is 0. The lowest BCUT2D eigenvalue weighted by Crippen LogP contribution is -2.07. The zero-order valence-corrected chi connectivity index (χ0v) is 16.4. The first kappa shape index (κ1) is 18.3. The molecule has 0 aromatic heterocycles. The topological polar surface area (TPSA) is 43.5 Å². The third-order valence-electron chi connectivity index (χ3n) is 5.19. The summed E-state index contributed by atoms with van der Waals surface area (Å²) in [5.41, 5.74) is 6.26. The largest absolute Gasteiger partial charge is 0.491 e. The Labute approximate surface area is 161 Å². The number of rotatable bonds is 9. The summed E-state index contributed by atoms with van der Waals surface area (Å²) in [6.45, 7) is 9.40. The van der Waals surface area contributed by atoms with Crippen molar-refractivity contribution in [3.05, 3.63) is 47.0 Å². The van der Waals surface area contributed by atoms with E-state index in [9.17, 15) is 0 Å². The standard InChI is InChI=1S/C23H28O4/c1-4-5-20-16(3)23(27-14-19-12-25-19)9-7-21(20)17-6-8-22(15(2)10-17)26-13-18-11-24-18/h6-10,18-19H,4-5,11-14H2,1-3H3. The maximum atomic E-state index is 5.98. The number of epoxide rings is 2. The summed E-state index contributed by atoms with van der Waals surface area (Å²) in [4.78, 5) is 0. The lowest BCUT2D eigenvalue weighted by atomic mass is 9.91. The molecule has 0 bridgehead atoms. The van der Waals surface area contributed by atoms with Crippen LogP contribution < -0.4 is 9.47 Å². The van der Waals surface area contributed by atoms with E-state index in [2.05, 4.69) is 51.1 Å². The van der Waals surface area contributed by atoms with Gasteiger partial charge < -0.3 is 18.9 Å². The number of benzene rings is 2. The van der Waals surface area contributed by atoms with E-state index in [4.69, 9.17) is 18.9 Å². The maximum Gasteiger partial charge on any atom is 0.122 e. The second-order valence-corrected chi connectivity index (χ2v) is 7.48. The number of hydrogen-bond donors (Lipinski definition) is 0. The molecule has 0 amide bonds. The first-order chi connectivity index (χ1) is 13.2. The highest BCUT2D eigenvalue weighted by molar-refractivity contribution is 5.72. The summed E-state index contributed by atoms with van der Waals surface area (Å²) in [6.07, 6.45) is 2.69. The van der Waals surface area contributed by atoms with Crippen molar-refractivity contribution in [2.45, 2.75) is 45.8 Å². The SMILES string of the molecule is CCCc1c(-c2ccc(OCC3CO3)c(C)c2)ccc(OCC2CO2)c1C. The highest BCUT2D eigenvalue weighted by Gasteiger charge is 2.24. The molecule has 2 heterocycles. The Kier molecular flexibility index (Phi) is 5.37. The van der Waals surface area contributed by atoms with Crippen LogP contribution in [0.3, 0.4) is 0 Å². The molecule has 0 spiro atoms. The van der Waals surface area contributed by atoms with Crippen LogP contribution >= 0.6 is 0 Å². The molecule has 2 saturated heterocycles. The van der Waals surface area contributed by atoms with E-state index in [1.54, 1.807) is 0 Å². The van der Waals surface area contributed by atoms with Crippen molar-refractivity contribution in [1.29, 1.82) is 0 Å². The van der Waals surface area contributed by atoms with Crippen molar-refractivity contribution >= 4 is 0 Å². The van der Waals surface area contributed by atoms with Crippen molar-refractivity contribution in [2.24, 2.45) is 0 Å². The highest BCUT2D eigenvalue weighted by Crippen LogP contribution is 2.35. The Balaban J connectivity index is 1.58. The fraction of sp³-hybridized carbons (Fsp3) is 0.478. The molecule has 2 aliphatic heterocycles. The van der Waals surface area contributed by atoms with Gasteiger partial charge in [0.05, 0.1) is 13.2 Å². The second-order valence-electron chi connectivity index (χ2n) is 7.48. The Morgan fingerprint density at radius 2 is 1.56 bits per heavy atom. The molecule has 2 aliphatic rings. The van der Waals surface area contributed by atoms with Gasteiger partial charge in [-0.25, -0.2) is 0 Å². The van der Waals surface area contributed by atoms with Crippen LogP contribution in [0.4, 0.5) is 0 Å². The summed E-state index contributed by atoms with van der Waals surface area (Å²) < 4.78 is 22.3. The number of hydrogen-bond acceptors (Lipinski definition) is 4. The van der Waals surface area contributed by atoms with Crippen LogP contribution in [0.2, 0.25) is 0 Å². The molecular formula is C23H28O4. The van der Waals surface area contributed by atoms with Gasteiger partial charge in [-0.15, -0.1) is 0 Å². The van der Waals surface area contributed by atoms with Crippen molar-refractivity contribution in [3.8, 4) is 22.6 Å². The molecule has 0 radical (unpaired) electrons. The predicted octanol–water partition coefficient (Wildman–Crippen LogP) is 4.48. The number of aryl methyl sites for hydroxylation is 1. The highest BCUT2D eigenvalue weighted by atomic mass is 16.6. The molecule has 0 aliphatic carbocycles. The Morgan fingerprint density at radius 3 is 2.15 bits per heavy atom. The first-order valence-electron chi connectivity index (χ1n) is 9.88. The lowest BCUT2D eigenvalue weighted by molar-refractivity contribution is 0.261. The van der Waals surface area contributed by atoms with E-state index >= 15 is 0 Å². The van der Waals surface area contributed by atoms with Crippen LogP contribution in [-0.2, 0) is 15.9 Å². The van der Waals surface area contributed by atoms with Gasteiger partial charge in [0.15, 0.2) is 0 Å². The van der Waals surface area contributed by atoms with Crippen molar-refractivity contribution in [3.63, 3.8) is 0 Å². The van der Waals surface area contributed by atoms with E-state index in [1.807, 2.05) is 0 Å². The fourth-order valence-corrected chi connectivity index (χ4v) is 3.41. The minimum absolute atomic E-state index is 0.273. The van der Waals surface area contributed by atoms with Gasteiger partial charge in [0.2, 0.25) is 0 Å². The van der Waals surface area contributed by atoms with Gasteiger partial charge >= 0.3 is 0 Å². The molecule has 4 nitrogen and oxygen atoms in total. The Bertz CT molecular complexity index is 806. The molecule has 0 saturated carbocycles. The first-order valence-corrected chi connectivity index (χ1v) is 9.88. The fourth-order valence-electron chi connectivity index (χ4n) is 3.41. The zero-order valence-electron chi connectivity index (χ0n) is 16.4. The quantitative estimate of drug-likeness (QED) is 0.612. The smallest absolute Gasteiger partial charge is 0.122 e. The summed E-state index contributed by atoms with van der Waals surface area (Å²) in [7, 11) is 0. The third-order valence-corrected chi connectivity index (χ3v) is 5.19. The molecule has 0 N–H and O–H groups in total. The van der Waals surface area contributed by atoms with E-state index < -0.39 is 0 Å². The van der Waals surface area contributed by atoms with Crippen LogP contribution in [0.25, 0.3) is 11.1 Å². The van der Waals surface area contributed by atoms with Crippen LogP contribution in [0.15, 0.2) is 30.3 Å². The van der Waals surface area contributed by atoms with Crippen molar-refractivity contribution in [1.82, 2.24) is 0 Å². The minimum atomic E-state index is 0.273. The van der Waals surface area contributed by atoms with Gasteiger partial charge in [-0.2, -0.15) is 0 Å². The predicted molar refractivity (Wildman–Crippen MR) is 106 cm³/mol. The average Bonchev–Trinajstić information content (AvgIpc) is 3.56. The molecule has 4 heteroatoms. The Morgan fingerprint density at radius 1 is 0.926 bits per heavy atom. The second kappa shape index (κ2) is 7.91. The van der Waals surface area contributed by atoms with Crippen LogP contribution in [0.5, 0.6) is 11.5 Å². The van der Waals surface area contributed by atoms with Gasteiger partial charge in [0.1, 0.15) is 36.9 Å². The summed E-state index contributed by atoms with van der Waals surface area (Å²) in [5, 5.41) is 0. The monoisotopic (exact) mass is 368 g/mol. The van der Waals surface area contributed by atoms with Crippen LogP contribution in [-0.4, -0.2) is 38.6 Å². The summed E-state index contributed by atoms with van der Waals surface area (Å²) in [6, 6.07) is 10.7. The Hall–Kier alpha value is -2.04. The van der Waals surface area contributed by atoms with Gasteiger partial charge in [-0.05, 0) is 66.3 Å². The van der Waals surface area contributed by atoms with Crippen LogP contribution in [0.1, 0.15) is 30.0 Å². The molecule has 2 fully saturated rings. The molecule has 2 atom stereocenters. The van der Waals surface area contributed by atoms with Crippen molar-refractivity contribution < 1.29 is 18.9 Å². The normalized spacial score (nSPS) is 20.4. The third kappa shape index (κ3) is 4.45. The van der Waals surface area contributed by atoms with E-state index in [0.717, 1.165) is 43.1 Å². The van der Waals surface area contributed by atoms with Gasteiger partial charge in [0, 0.05) is 0 Å². The molecule has 27 heavy (non-hydrogen) atoms. The van der Waals surface area contributed by atoms with E-state index in [1.165, 1.54) is 22.3 Å². The van der Waals surface area contributed by atoms with Gasteiger partial charge in [-0.1, -0.05) is 25.5 Å². The van der Waals surface area contributed by atoms with E-state index in [-0.39, 0.29) is 12.2 Å². The lowest BCUT2D eigenvalue weighted by Gasteiger charge is -2.18. The zero-order chi connectivity index (χ0) is 18.8. The molecule has 2 aromatic rings. The van der Waals surface area contributed by atoms with Crippen molar-refractivity contribution in [2.75, 3.05) is 26.4 Å². The summed E-state index contributed by atoms with van der Waals surface area (Å²) in [5.74, 6) is 1.91. The molecule has 2 aromatic carbocycles. The number of ether oxygens (including phenoxy) is 4. The van der Waals surface area contributed by atoms with Crippen LogP contribution in [0, 0.1) is 13.8 Å². The van der Waals surface area contributed by atoms with E-state index in [0.29, 0.717) is 13.2 Å². The van der Waals surface area contributed by atoms with Gasteiger partial charge in [0.25, 0.3) is 0 Å². The molecule has 2 unspecified atom stereocenters. The van der Waals surface area contributed by atoms with Gasteiger partial charge in [-0.3, -0.25) is 0 Å². The molecule has 4 rings (SSSR count). The minimum Gasteiger partial charge on any atom is -0.491 e. The molecular weight excluding hydrogens is 340 g/mol. The molecule has 144 valence electrons. The average molecular weight is 368 g/mol. The maximum absolute atomic E-state index is 5.98.